The Morgan fingerprint density at radius 1 is 0.772 bits per heavy atom. The Morgan fingerprint density at radius 3 is 2.03 bits per heavy atom. The molecule has 0 aromatic heterocycles. The number of rotatable bonds is 21. The van der Waals surface area contributed by atoms with Crippen molar-refractivity contribution in [3.05, 3.63) is 29.8 Å². The van der Waals surface area contributed by atoms with Crippen LogP contribution in [0.1, 0.15) is 110 Å². The third-order valence-corrected chi connectivity index (χ3v) is 16.7. The van der Waals surface area contributed by atoms with E-state index in [1.165, 1.54) is 26.5 Å². The summed E-state index contributed by atoms with van der Waals surface area (Å²) in [6, 6.07) is -2.28. The number of likely N-dealkylation sites (tertiary alicyclic amines) is 1. The zero-order valence-corrected chi connectivity index (χ0v) is 46.8. The molecule has 3 fully saturated rings. The molecule has 4 rings (SSSR count). The van der Waals surface area contributed by atoms with Gasteiger partial charge in [-0.15, -0.1) is 0 Å². The van der Waals surface area contributed by atoms with Gasteiger partial charge in [-0.1, -0.05) is 66.8 Å². The minimum Gasteiger partial charge on any atom is -0.494 e. The number of primary amides is 2. The number of aliphatic imine (C=N–C) groups is 2. The van der Waals surface area contributed by atoms with E-state index in [2.05, 4.69) is 47.2 Å². The molecule has 27 nitrogen and oxygen atoms in total. The second-order valence-electron chi connectivity index (χ2n) is 20.1. The van der Waals surface area contributed by atoms with Gasteiger partial charge in [0.05, 0.1) is 19.6 Å². The zero-order valence-electron chi connectivity index (χ0n) is 45.2. The quantitative estimate of drug-likeness (QED) is 0.0257. The van der Waals surface area contributed by atoms with Gasteiger partial charge in [0.15, 0.2) is 11.9 Å². The minimum absolute atomic E-state index is 0.0149. The molecular formula is C50H80N16O11S2. The summed E-state index contributed by atoms with van der Waals surface area (Å²) >= 11 is 0. The van der Waals surface area contributed by atoms with Crippen LogP contribution in [0, 0.1) is 5.92 Å². The highest BCUT2D eigenvalue weighted by Gasteiger charge is 2.42. The predicted octanol–water partition coefficient (Wildman–Crippen LogP) is -2.74. The van der Waals surface area contributed by atoms with Crippen LogP contribution in [0.3, 0.4) is 0 Å². The number of ether oxygens (including phenoxy) is 1. The van der Waals surface area contributed by atoms with Crippen molar-refractivity contribution in [2.75, 3.05) is 38.5 Å². The summed E-state index contributed by atoms with van der Waals surface area (Å²) in [5.74, 6) is -8.32. The van der Waals surface area contributed by atoms with E-state index in [1.807, 2.05) is 6.92 Å². The Hall–Kier alpha value is -7.04. The lowest BCUT2D eigenvalue weighted by Crippen LogP contribution is -2.61. The number of hydrogen-bond donors (Lipinski definition) is 13. The lowest BCUT2D eigenvalue weighted by atomic mass is 9.85. The molecule has 1 aromatic carbocycles. The summed E-state index contributed by atoms with van der Waals surface area (Å²) in [5, 5.41) is 18.8. The van der Waals surface area contributed by atoms with E-state index in [-0.39, 0.29) is 82.3 Å². The van der Waals surface area contributed by atoms with Gasteiger partial charge >= 0.3 is 0 Å². The Kier molecular flexibility index (Phi) is 26.2. The van der Waals surface area contributed by atoms with Gasteiger partial charge in [-0.2, -0.15) is 0 Å². The molecule has 29 heteroatoms. The molecule has 19 N–H and O–H groups in total. The number of carbonyl (C=O) groups is 10. The Labute approximate surface area is 467 Å². The van der Waals surface area contributed by atoms with Crippen LogP contribution in [0.2, 0.25) is 0 Å². The minimum atomic E-state index is -1.68. The second kappa shape index (κ2) is 32.1. The summed E-state index contributed by atoms with van der Waals surface area (Å²) in [4.78, 5) is 148. The highest BCUT2D eigenvalue weighted by Crippen LogP contribution is 2.48. The normalized spacial score (nSPS) is 22.8. The van der Waals surface area contributed by atoms with Crippen LogP contribution in [-0.4, -0.2) is 161 Å². The van der Waals surface area contributed by atoms with Crippen LogP contribution in [0.5, 0.6) is 5.75 Å². The Bertz CT molecular complexity index is 2360. The van der Waals surface area contributed by atoms with Crippen molar-refractivity contribution in [3.8, 4) is 5.75 Å². The van der Waals surface area contributed by atoms with E-state index < -0.39 is 125 Å². The topological polar surface area (TPSA) is 448 Å². The van der Waals surface area contributed by atoms with Gasteiger partial charge in [-0.25, -0.2) is 0 Å². The van der Waals surface area contributed by atoms with Crippen LogP contribution in [0.15, 0.2) is 34.3 Å². The molecular weight excluding hydrogens is 1060 g/mol. The van der Waals surface area contributed by atoms with Crippen molar-refractivity contribution in [1.29, 1.82) is 0 Å². The number of guanidine groups is 2. The van der Waals surface area contributed by atoms with E-state index in [0.29, 0.717) is 37.2 Å². The molecule has 1 aliphatic carbocycles. The number of nitrogens with one attached hydrogen (secondary N) is 7. The summed E-state index contributed by atoms with van der Waals surface area (Å²) in [5.41, 5.74) is 33.6. The van der Waals surface area contributed by atoms with Crippen molar-refractivity contribution in [3.63, 3.8) is 0 Å². The van der Waals surface area contributed by atoms with Crippen LogP contribution in [0.4, 0.5) is 0 Å². The lowest BCUT2D eigenvalue weighted by molar-refractivity contribution is -0.142. The molecule has 2 saturated heterocycles. The second-order valence-corrected chi connectivity index (χ2v) is 22.9. The first-order valence-corrected chi connectivity index (χ1v) is 28.9. The first-order chi connectivity index (χ1) is 37.5. The van der Waals surface area contributed by atoms with Crippen molar-refractivity contribution in [2.24, 2.45) is 50.3 Å². The monoisotopic (exact) mass is 1140 g/mol. The number of amides is 10. The highest BCUT2D eigenvalue weighted by atomic mass is 33.1. The van der Waals surface area contributed by atoms with Gasteiger partial charge in [0.1, 0.15) is 48.0 Å². The van der Waals surface area contributed by atoms with Gasteiger partial charge < -0.3 is 81.3 Å². The standard InChI is InChI=1S/C50H80N16O11S2/c1-4-77-30-16-14-29(15-17-30)23-33-43(72)61-32(12-9-21-58-49(55)56)42(71)65-40(28(2)3)46(75)63-34(24-37(51)67)44(73)64-35(27-78-79-50(25-39(69)60-33)18-6-5-7-19-50)47(76)66-22-10-13-36(66)45(74)62-31(11-8-20-57-48(53)54)41(70)59-26-38(52)68/h14-17,28,31-36,40H,4-13,18-27H2,1-3H3,(H2,51,67)(H2,52,68)(H,59,70)(H,60,69)(H,61,72)(H,62,74)(H,63,75)(H,64,73)(H,65,71)(H4,53,54,57)(H4,55,56,58)/t31-,32?,33?,34-,35?,36-,40-/m0/s1. The highest BCUT2D eigenvalue weighted by molar-refractivity contribution is 8.77. The predicted molar refractivity (Wildman–Crippen MR) is 299 cm³/mol. The molecule has 1 spiro atoms. The smallest absolute Gasteiger partial charge is 0.246 e. The third-order valence-electron chi connectivity index (χ3n) is 13.4. The van der Waals surface area contributed by atoms with Gasteiger partial charge in [-0.05, 0) is 81.9 Å². The summed E-state index contributed by atoms with van der Waals surface area (Å²) < 4.78 is 4.89. The summed E-state index contributed by atoms with van der Waals surface area (Å²) in [6.07, 6.45) is 3.78. The van der Waals surface area contributed by atoms with E-state index in [9.17, 15) is 47.9 Å². The molecule has 438 valence electrons. The number of benzene rings is 1. The van der Waals surface area contributed by atoms with E-state index in [4.69, 9.17) is 39.1 Å². The van der Waals surface area contributed by atoms with Crippen LogP contribution in [0.25, 0.3) is 0 Å². The average Bonchev–Trinajstić information content (AvgIpc) is 3.89. The third kappa shape index (κ3) is 21.6. The summed E-state index contributed by atoms with van der Waals surface area (Å²) in [7, 11) is 2.56. The summed E-state index contributed by atoms with van der Waals surface area (Å²) in [6.45, 7) is 5.27. The van der Waals surface area contributed by atoms with E-state index >= 15 is 0 Å². The van der Waals surface area contributed by atoms with E-state index in [0.717, 1.165) is 19.3 Å². The molecule has 0 radical (unpaired) electrons. The first-order valence-electron chi connectivity index (χ1n) is 26.6. The molecule has 1 saturated carbocycles. The molecule has 2 aliphatic heterocycles. The van der Waals surface area contributed by atoms with Crippen LogP contribution >= 0.6 is 21.6 Å². The van der Waals surface area contributed by atoms with Crippen molar-refractivity contribution in [2.45, 2.75) is 158 Å². The van der Waals surface area contributed by atoms with Crippen LogP contribution < -0.4 is 76.4 Å². The molecule has 2 heterocycles. The molecule has 1 aromatic rings. The Balaban J connectivity index is 1.76. The molecule has 10 amide bonds. The van der Waals surface area contributed by atoms with Crippen molar-refractivity contribution in [1.82, 2.24) is 42.1 Å². The molecule has 3 aliphatic rings. The van der Waals surface area contributed by atoms with Crippen LogP contribution in [-0.2, 0) is 54.4 Å². The van der Waals surface area contributed by atoms with Gasteiger partial charge in [0, 0.05) is 43.0 Å². The van der Waals surface area contributed by atoms with Crippen molar-refractivity contribution < 1.29 is 52.7 Å². The molecule has 7 atom stereocenters. The average molecular weight is 1150 g/mol. The number of hydrogen-bond acceptors (Lipinski definition) is 15. The number of carbonyl (C=O) groups excluding carboxylic acids is 10. The van der Waals surface area contributed by atoms with Gasteiger partial charge in [0.25, 0.3) is 0 Å². The molecule has 0 bridgehead atoms. The first kappa shape index (κ1) is 64.5. The van der Waals surface area contributed by atoms with Gasteiger partial charge in [-0.3, -0.25) is 57.9 Å². The Morgan fingerprint density at radius 2 is 1.41 bits per heavy atom. The number of nitrogens with zero attached hydrogens (tertiary/aromatic N) is 3. The lowest BCUT2D eigenvalue weighted by Gasteiger charge is -2.37. The fourth-order valence-electron chi connectivity index (χ4n) is 9.38. The molecule has 3 unspecified atom stereocenters. The maximum Gasteiger partial charge on any atom is 0.246 e. The largest absolute Gasteiger partial charge is 0.494 e. The van der Waals surface area contributed by atoms with Gasteiger partial charge in [0.2, 0.25) is 59.1 Å². The van der Waals surface area contributed by atoms with E-state index in [1.54, 1.807) is 38.1 Å². The fraction of sp³-hybridized carbons (Fsp3) is 0.640. The fourth-order valence-corrected chi connectivity index (χ4v) is 12.7. The van der Waals surface area contributed by atoms with Crippen molar-refractivity contribution >= 4 is 92.6 Å². The maximum absolute atomic E-state index is 14.9. The number of nitrogens with two attached hydrogens (primary N) is 6. The maximum atomic E-state index is 14.9. The molecule has 79 heavy (non-hydrogen) atoms. The SMILES string of the molecule is CCOc1ccc(CC2NC(=O)CC3(CCCCC3)SSCC(C(=O)N3CCC[C@H]3C(=O)N[C@@H](CCCN=C(N)N)C(=O)NCC(N)=O)NC(=O)[C@H](CC(N)=O)NC(=O)[C@H](C(C)C)NC(=O)C(CCCN=C(N)N)NC2=O)cc1. The zero-order chi connectivity index (χ0) is 58.2.